The first-order valence-electron chi connectivity index (χ1n) is 8.21. The second-order valence-electron chi connectivity index (χ2n) is 5.99. The third-order valence-electron chi connectivity index (χ3n) is 3.88. The fraction of sp³-hybridized carbons (Fsp3) is 0.300. The summed E-state index contributed by atoms with van der Waals surface area (Å²) < 4.78 is 11.4. The van der Waals surface area contributed by atoms with Crippen molar-refractivity contribution in [1.82, 2.24) is 5.32 Å². The van der Waals surface area contributed by atoms with Gasteiger partial charge < -0.3 is 14.8 Å². The molecule has 0 aliphatic rings. The van der Waals surface area contributed by atoms with Gasteiger partial charge in [-0.1, -0.05) is 46.3 Å². The van der Waals surface area contributed by atoms with Gasteiger partial charge in [-0.2, -0.15) is 0 Å². The second kappa shape index (κ2) is 9.38. The van der Waals surface area contributed by atoms with Crippen LogP contribution in [0.25, 0.3) is 0 Å². The highest BCUT2D eigenvalue weighted by Gasteiger charge is 2.22. The molecule has 0 aliphatic carbocycles. The van der Waals surface area contributed by atoms with Crippen LogP contribution in [-0.2, 0) is 20.7 Å². The van der Waals surface area contributed by atoms with E-state index in [1.807, 2.05) is 56.3 Å². The minimum absolute atomic E-state index is 0.175. The number of rotatable bonds is 7. The van der Waals surface area contributed by atoms with Crippen LogP contribution in [0.2, 0.25) is 0 Å². The summed E-state index contributed by atoms with van der Waals surface area (Å²) in [6.45, 7) is 3.65. The summed E-state index contributed by atoms with van der Waals surface area (Å²) in [6.07, 6.45) is 0.357. The fourth-order valence-corrected chi connectivity index (χ4v) is 3.37. The molecule has 5 nitrogen and oxygen atoms in total. The first kappa shape index (κ1) is 20.0. The lowest BCUT2D eigenvalue weighted by atomic mass is 10.1. The van der Waals surface area contributed by atoms with E-state index in [1.54, 1.807) is 0 Å². The molecule has 0 heterocycles. The minimum Gasteiger partial charge on any atom is -0.483 e. The first-order valence-corrected chi connectivity index (χ1v) is 9.00. The Morgan fingerprint density at radius 1 is 1.12 bits per heavy atom. The van der Waals surface area contributed by atoms with Crippen LogP contribution in [0.5, 0.6) is 5.75 Å². The van der Waals surface area contributed by atoms with Crippen LogP contribution in [0.1, 0.15) is 16.7 Å². The molecule has 0 saturated carbocycles. The molecule has 0 aliphatic heterocycles. The molecule has 1 atom stereocenters. The topological polar surface area (TPSA) is 64.6 Å². The van der Waals surface area contributed by atoms with Gasteiger partial charge in [0.2, 0.25) is 0 Å². The second-order valence-corrected chi connectivity index (χ2v) is 6.91. The van der Waals surface area contributed by atoms with Crippen molar-refractivity contribution in [3.8, 4) is 5.75 Å². The maximum atomic E-state index is 12.3. The van der Waals surface area contributed by atoms with Crippen LogP contribution in [0.4, 0.5) is 0 Å². The lowest BCUT2D eigenvalue weighted by Crippen LogP contribution is -2.45. The zero-order valence-electron chi connectivity index (χ0n) is 15.0. The van der Waals surface area contributed by atoms with E-state index in [-0.39, 0.29) is 12.5 Å². The van der Waals surface area contributed by atoms with Crippen LogP contribution in [-0.4, -0.2) is 31.6 Å². The molecule has 26 heavy (non-hydrogen) atoms. The monoisotopic (exact) mass is 419 g/mol. The summed E-state index contributed by atoms with van der Waals surface area (Å²) in [5, 5.41) is 2.69. The Morgan fingerprint density at radius 3 is 2.31 bits per heavy atom. The number of nitrogens with one attached hydrogen (secondary N) is 1. The first-order chi connectivity index (χ1) is 12.4. The Balaban J connectivity index is 2.00. The molecular formula is C20H22BrNO4. The van der Waals surface area contributed by atoms with E-state index >= 15 is 0 Å². The lowest BCUT2D eigenvalue weighted by Gasteiger charge is -2.18. The highest BCUT2D eigenvalue weighted by Crippen LogP contribution is 2.27. The van der Waals surface area contributed by atoms with Gasteiger partial charge in [0, 0.05) is 10.9 Å². The summed E-state index contributed by atoms with van der Waals surface area (Å²) in [5.74, 6) is -0.197. The SMILES string of the molecule is COC(=O)C(Cc1ccccc1)NC(=O)COc1c(C)cc(Br)cc1C. The van der Waals surface area contributed by atoms with E-state index in [9.17, 15) is 9.59 Å². The Hall–Kier alpha value is -2.34. The van der Waals surface area contributed by atoms with Gasteiger partial charge in [-0.15, -0.1) is 0 Å². The summed E-state index contributed by atoms with van der Waals surface area (Å²) >= 11 is 3.43. The molecule has 0 bridgehead atoms. The van der Waals surface area contributed by atoms with E-state index in [0.717, 1.165) is 21.2 Å². The number of halogens is 1. The number of methoxy groups -OCH3 is 1. The van der Waals surface area contributed by atoms with Crippen molar-refractivity contribution in [3.05, 3.63) is 63.6 Å². The maximum Gasteiger partial charge on any atom is 0.328 e. The number of benzene rings is 2. The number of esters is 1. The summed E-state index contributed by atoms with van der Waals surface area (Å²) in [6, 6.07) is 12.5. The van der Waals surface area contributed by atoms with Gasteiger partial charge in [0.1, 0.15) is 11.8 Å². The number of aryl methyl sites for hydroxylation is 2. The number of hydrogen-bond acceptors (Lipinski definition) is 4. The normalized spacial score (nSPS) is 11.5. The van der Waals surface area contributed by atoms with Crippen LogP contribution < -0.4 is 10.1 Å². The molecule has 1 unspecified atom stereocenters. The Bertz CT molecular complexity index is 754. The van der Waals surface area contributed by atoms with Crippen molar-refractivity contribution in [2.24, 2.45) is 0 Å². The zero-order valence-corrected chi connectivity index (χ0v) is 16.6. The molecule has 0 spiro atoms. The number of ether oxygens (including phenoxy) is 2. The molecule has 1 amide bonds. The van der Waals surface area contributed by atoms with Crippen LogP contribution in [0.3, 0.4) is 0 Å². The standard InChI is InChI=1S/C20H22BrNO4/c1-13-9-16(21)10-14(2)19(13)26-12-18(23)22-17(20(24)25-3)11-15-7-5-4-6-8-15/h4-10,17H,11-12H2,1-3H3,(H,22,23). The average molecular weight is 420 g/mol. The smallest absolute Gasteiger partial charge is 0.328 e. The van der Waals surface area contributed by atoms with Crippen molar-refractivity contribution in [2.75, 3.05) is 13.7 Å². The largest absolute Gasteiger partial charge is 0.483 e. The number of amides is 1. The Kier molecular flexibility index (Phi) is 7.21. The Labute approximate surface area is 161 Å². The third-order valence-corrected chi connectivity index (χ3v) is 4.33. The summed E-state index contributed by atoms with van der Waals surface area (Å²) in [5.41, 5.74) is 2.79. The molecule has 0 fully saturated rings. The fourth-order valence-electron chi connectivity index (χ4n) is 2.68. The van der Waals surface area contributed by atoms with Crippen molar-refractivity contribution in [3.63, 3.8) is 0 Å². The van der Waals surface area contributed by atoms with Crippen molar-refractivity contribution in [2.45, 2.75) is 26.3 Å². The number of hydrogen-bond donors (Lipinski definition) is 1. The van der Waals surface area contributed by atoms with Crippen LogP contribution in [0, 0.1) is 13.8 Å². The average Bonchev–Trinajstić information content (AvgIpc) is 2.60. The van der Waals surface area contributed by atoms with Crippen LogP contribution in [0.15, 0.2) is 46.9 Å². The van der Waals surface area contributed by atoms with Gasteiger partial charge in [0.15, 0.2) is 6.61 Å². The molecule has 1 N–H and O–H groups in total. The van der Waals surface area contributed by atoms with Gasteiger partial charge in [0.25, 0.3) is 5.91 Å². The van der Waals surface area contributed by atoms with E-state index in [1.165, 1.54) is 7.11 Å². The molecule has 0 aromatic heterocycles. The summed E-state index contributed by atoms with van der Waals surface area (Å²) in [4.78, 5) is 24.3. The van der Waals surface area contributed by atoms with E-state index in [2.05, 4.69) is 21.2 Å². The number of carbonyl (C=O) groups excluding carboxylic acids is 2. The van der Waals surface area contributed by atoms with E-state index in [4.69, 9.17) is 9.47 Å². The molecule has 138 valence electrons. The van der Waals surface area contributed by atoms with Crippen molar-refractivity contribution in [1.29, 1.82) is 0 Å². The maximum absolute atomic E-state index is 12.3. The molecular weight excluding hydrogens is 398 g/mol. The zero-order chi connectivity index (χ0) is 19.1. The Morgan fingerprint density at radius 2 is 1.73 bits per heavy atom. The molecule has 2 aromatic carbocycles. The van der Waals surface area contributed by atoms with Crippen LogP contribution >= 0.6 is 15.9 Å². The highest BCUT2D eigenvalue weighted by molar-refractivity contribution is 9.10. The van der Waals surface area contributed by atoms with Gasteiger partial charge in [-0.3, -0.25) is 4.79 Å². The van der Waals surface area contributed by atoms with Gasteiger partial charge in [-0.05, 0) is 42.7 Å². The number of carbonyl (C=O) groups is 2. The minimum atomic E-state index is -0.759. The lowest BCUT2D eigenvalue weighted by molar-refractivity contribution is -0.145. The molecule has 0 radical (unpaired) electrons. The van der Waals surface area contributed by atoms with Gasteiger partial charge in [0.05, 0.1) is 7.11 Å². The molecule has 2 aromatic rings. The van der Waals surface area contributed by atoms with E-state index < -0.39 is 12.0 Å². The third kappa shape index (κ3) is 5.59. The van der Waals surface area contributed by atoms with Crippen molar-refractivity contribution < 1.29 is 19.1 Å². The quantitative estimate of drug-likeness (QED) is 0.698. The molecule has 6 heteroatoms. The molecule has 2 rings (SSSR count). The van der Waals surface area contributed by atoms with Gasteiger partial charge in [-0.25, -0.2) is 4.79 Å². The summed E-state index contributed by atoms with van der Waals surface area (Å²) in [7, 11) is 1.30. The predicted molar refractivity (Wildman–Crippen MR) is 103 cm³/mol. The predicted octanol–water partition coefficient (Wildman–Crippen LogP) is 3.35. The highest BCUT2D eigenvalue weighted by atomic mass is 79.9. The van der Waals surface area contributed by atoms with E-state index in [0.29, 0.717) is 12.2 Å². The van der Waals surface area contributed by atoms with Gasteiger partial charge >= 0.3 is 5.97 Å². The van der Waals surface area contributed by atoms with Crippen molar-refractivity contribution >= 4 is 27.8 Å². The molecule has 0 saturated heterocycles.